The van der Waals surface area contributed by atoms with E-state index in [0.717, 1.165) is 19.3 Å². The zero-order chi connectivity index (χ0) is 29.0. The molecule has 0 saturated carbocycles. The van der Waals surface area contributed by atoms with Crippen molar-refractivity contribution in [3.63, 3.8) is 0 Å². The predicted molar refractivity (Wildman–Crippen MR) is 149 cm³/mol. The van der Waals surface area contributed by atoms with Gasteiger partial charge in [0.2, 0.25) is 0 Å². The molecule has 0 bridgehead atoms. The monoisotopic (exact) mass is 583 g/mol. The van der Waals surface area contributed by atoms with Crippen LogP contribution in [0.4, 0.5) is 4.79 Å². The molecule has 2 atom stereocenters. The number of hydrogen-bond donors (Lipinski definition) is 3. The highest BCUT2D eigenvalue weighted by Gasteiger charge is 2.23. The first-order chi connectivity index (χ1) is 18.8. The number of esters is 1. The van der Waals surface area contributed by atoms with E-state index in [1.54, 1.807) is 0 Å². The number of carbonyl (C=O) groups is 2. The molecular formula is C27H54NO10P. The number of alkyl carbamates (subject to hydrolysis) is 1. The summed E-state index contributed by atoms with van der Waals surface area (Å²) in [7, 11) is -2.97. The van der Waals surface area contributed by atoms with E-state index in [4.69, 9.17) is 18.7 Å². The average molecular weight is 584 g/mol. The van der Waals surface area contributed by atoms with Gasteiger partial charge in [-0.05, 0) is 6.42 Å². The van der Waals surface area contributed by atoms with E-state index < -0.39 is 32.6 Å². The molecule has 11 nitrogen and oxygen atoms in total. The van der Waals surface area contributed by atoms with Crippen molar-refractivity contribution in [1.29, 1.82) is 0 Å². The SMILES string of the molecule is CCCCCCCCCCCCCCCCCC(=O)OC[C@@H](O)COP(=O)(O)OCCNC(=O)OCCOC. The summed E-state index contributed by atoms with van der Waals surface area (Å²) in [6.07, 6.45) is 17.0. The maximum Gasteiger partial charge on any atom is 0.472 e. The van der Waals surface area contributed by atoms with Gasteiger partial charge in [0.1, 0.15) is 19.3 Å². The molecule has 0 aromatic carbocycles. The van der Waals surface area contributed by atoms with Gasteiger partial charge in [-0.2, -0.15) is 0 Å². The summed E-state index contributed by atoms with van der Waals surface area (Å²) in [5, 5.41) is 12.2. The number of aliphatic hydroxyl groups is 1. The highest BCUT2D eigenvalue weighted by molar-refractivity contribution is 7.47. The number of phosphoric acid groups is 1. The lowest BCUT2D eigenvalue weighted by Crippen LogP contribution is -2.29. The molecule has 0 aliphatic rings. The Morgan fingerprint density at radius 1 is 0.744 bits per heavy atom. The molecule has 1 amide bonds. The number of rotatable bonds is 28. The van der Waals surface area contributed by atoms with Crippen LogP contribution in [0.1, 0.15) is 110 Å². The molecule has 232 valence electrons. The van der Waals surface area contributed by atoms with Crippen molar-refractivity contribution in [1.82, 2.24) is 5.32 Å². The summed E-state index contributed by atoms with van der Waals surface area (Å²) in [6, 6.07) is 0. The lowest BCUT2D eigenvalue weighted by atomic mass is 10.0. The van der Waals surface area contributed by atoms with E-state index in [9.17, 15) is 24.2 Å². The molecular weight excluding hydrogens is 529 g/mol. The van der Waals surface area contributed by atoms with Crippen molar-refractivity contribution < 1.29 is 47.4 Å². The van der Waals surface area contributed by atoms with Crippen molar-refractivity contribution in [2.45, 2.75) is 116 Å². The van der Waals surface area contributed by atoms with Gasteiger partial charge < -0.3 is 29.5 Å². The van der Waals surface area contributed by atoms with Crippen LogP contribution in [-0.4, -0.2) is 74.9 Å². The van der Waals surface area contributed by atoms with Crippen LogP contribution in [-0.2, 0) is 32.6 Å². The molecule has 0 aliphatic carbocycles. The zero-order valence-electron chi connectivity index (χ0n) is 24.2. The molecule has 12 heteroatoms. The van der Waals surface area contributed by atoms with Gasteiger partial charge in [-0.3, -0.25) is 13.8 Å². The lowest BCUT2D eigenvalue weighted by Gasteiger charge is -2.15. The molecule has 0 aromatic heterocycles. The first-order valence-corrected chi connectivity index (χ1v) is 16.2. The minimum atomic E-state index is -4.44. The van der Waals surface area contributed by atoms with Gasteiger partial charge in [0.15, 0.2) is 0 Å². The van der Waals surface area contributed by atoms with Crippen LogP contribution in [0.5, 0.6) is 0 Å². The molecule has 1 unspecified atom stereocenters. The molecule has 0 aliphatic heterocycles. The summed E-state index contributed by atoms with van der Waals surface area (Å²) in [6.45, 7) is 1.29. The Kier molecular flexibility index (Phi) is 26.1. The van der Waals surface area contributed by atoms with Gasteiger partial charge in [-0.25, -0.2) is 9.36 Å². The van der Waals surface area contributed by atoms with E-state index in [1.807, 2.05) is 0 Å². The molecule has 0 saturated heterocycles. The third-order valence-corrected chi connectivity index (χ3v) is 6.98. The zero-order valence-corrected chi connectivity index (χ0v) is 25.1. The number of phosphoric ester groups is 1. The van der Waals surface area contributed by atoms with Crippen molar-refractivity contribution in [3.8, 4) is 0 Å². The van der Waals surface area contributed by atoms with Gasteiger partial charge in [0.05, 0.1) is 19.8 Å². The highest BCUT2D eigenvalue weighted by atomic mass is 31.2. The van der Waals surface area contributed by atoms with E-state index >= 15 is 0 Å². The van der Waals surface area contributed by atoms with Gasteiger partial charge >= 0.3 is 19.9 Å². The van der Waals surface area contributed by atoms with Crippen LogP contribution < -0.4 is 5.32 Å². The van der Waals surface area contributed by atoms with Crippen LogP contribution in [0, 0.1) is 0 Å². The number of ether oxygens (including phenoxy) is 3. The fraction of sp³-hybridized carbons (Fsp3) is 0.926. The Labute approximate surface area is 235 Å². The average Bonchev–Trinajstić information content (AvgIpc) is 2.91. The molecule has 0 radical (unpaired) electrons. The van der Waals surface area contributed by atoms with Crippen molar-refractivity contribution in [3.05, 3.63) is 0 Å². The number of aliphatic hydroxyl groups excluding tert-OH is 1. The topological polar surface area (TPSA) is 150 Å². The van der Waals surface area contributed by atoms with E-state index in [0.29, 0.717) is 0 Å². The van der Waals surface area contributed by atoms with E-state index in [1.165, 1.54) is 84.2 Å². The fourth-order valence-corrected chi connectivity index (χ4v) is 4.51. The van der Waals surface area contributed by atoms with Gasteiger partial charge in [-0.15, -0.1) is 0 Å². The van der Waals surface area contributed by atoms with Crippen LogP contribution in [0.3, 0.4) is 0 Å². The second kappa shape index (κ2) is 27.0. The number of methoxy groups -OCH3 is 1. The van der Waals surface area contributed by atoms with Crippen molar-refractivity contribution >= 4 is 19.9 Å². The molecule has 0 heterocycles. The lowest BCUT2D eigenvalue weighted by molar-refractivity contribution is -0.147. The van der Waals surface area contributed by atoms with Crippen molar-refractivity contribution in [2.24, 2.45) is 0 Å². The van der Waals surface area contributed by atoms with E-state index in [2.05, 4.69) is 16.8 Å². The Hall–Kier alpha value is -1.23. The number of carbonyl (C=O) groups excluding carboxylic acids is 2. The summed E-state index contributed by atoms with van der Waals surface area (Å²) in [5.41, 5.74) is 0. The van der Waals surface area contributed by atoms with Gasteiger partial charge in [0, 0.05) is 20.1 Å². The molecule has 0 spiro atoms. The molecule has 0 aromatic rings. The second-order valence-electron chi connectivity index (χ2n) is 9.69. The molecule has 3 N–H and O–H groups in total. The normalized spacial score (nSPS) is 13.5. The molecule has 39 heavy (non-hydrogen) atoms. The fourth-order valence-electron chi connectivity index (χ4n) is 3.75. The number of hydrogen-bond acceptors (Lipinski definition) is 9. The summed E-state index contributed by atoms with van der Waals surface area (Å²) in [4.78, 5) is 32.8. The maximum atomic E-state index is 11.8. The maximum absolute atomic E-state index is 11.8. The minimum Gasteiger partial charge on any atom is -0.463 e. The Bertz CT molecular complexity index is 638. The molecule has 0 rings (SSSR count). The number of nitrogens with one attached hydrogen (secondary N) is 1. The third-order valence-electron chi connectivity index (χ3n) is 6.00. The number of unbranched alkanes of at least 4 members (excludes halogenated alkanes) is 14. The quantitative estimate of drug-likeness (QED) is 0.0598. The van der Waals surface area contributed by atoms with Crippen LogP contribution in [0.2, 0.25) is 0 Å². The Morgan fingerprint density at radius 3 is 1.82 bits per heavy atom. The van der Waals surface area contributed by atoms with Crippen LogP contribution in [0.25, 0.3) is 0 Å². The second-order valence-corrected chi connectivity index (χ2v) is 11.1. The summed E-state index contributed by atoms with van der Waals surface area (Å²) in [5.74, 6) is -0.421. The first kappa shape index (κ1) is 37.8. The van der Waals surface area contributed by atoms with Gasteiger partial charge in [-0.1, -0.05) is 96.8 Å². The predicted octanol–water partition coefficient (Wildman–Crippen LogP) is 5.66. The van der Waals surface area contributed by atoms with Crippen LogP contribution in [0.15, 0.2) is 0 Å². The van der Waals surface area contributed by atoms with Crippen LogP contribution >= 0.6 is 7.82 Å². The summed E-state index contributed by atoms with van der Waals surface area (Å²) >= 11 is 0. The van der Waals surface area contributed by atoms with Crippen molar-refractivity contribution in [2.75, 3.05) is 46.7 Å². The summed E-state index contributed by atoms with van der Waals surface area (Å²) < 4.78 is 35.7. The smallest absolute Gasteiger partial charge is 0.463 e. The first-order valence-electron chi connectivity index (χ1n) is 14.7. The van der Waals surface area contributed by atoms with E-state index in [-0.39, 0.29) is 39.4 Å². The highest BCUT2D eigenvalue weighted by Crippen LogP contribution is 2.42. The minimum absolute atomic E-state index is 0.0761. The van der Waals surface area contributed by atoms with Gasteiger partial charge in [0.25, 0.3) is 0 Å². The molecule has 0 fully saturated rings. The Morgan fingerprint density at radius 2 is 1.28 bits per heavy atom. The Balaban J connectivity index is 3.58. The third kappa shape index (κ3) is 28.1. The number of amides is 1. The largest absolute Gasteiger partial charge is 0.472 e. The standard InChI is InChI=1S/C27H54NO10P/c1-3-4-5-6-7-8-9-10-11-12-13-14-15-16-17-18-26(30)36-23-25(29)24-38-39(32,33)37-20-19-28-27(31)35-22-21-34-2/h25,29H,3-24H2,1-2H3,(H,28,31)(H,32,33)/t25-/m1/s1.